The van der Waals surface area contributed by atoms with Gasteiger partial charge in [-0.3, -0.25) is 0 Å². The Balaban J connectivity index is 0. The second-order valence-electron chi connectivity index (χ2n) is 0.231. The zero-order chi connectivity index (χ0) is 3.58. The van der Waals surface area contributed by atoms with E-state index in [9.17, 15) is 0 Å². The Morgan fingerprint density at radius 1 is 1.40 bits per heavy atom. The molecule has 3 nitrogen and oxygen atoms in total. The van der Waals surface area contributed by atoms with Gasteiger partial charge in [-0.1, -0.05) is 0 Å². The van der Waals surface area contributed by atoms with Crippen LogP contribution in [0.4, 0.5) is 0 Å². The van der Waals surface area contributed by atoms with Gasteiger partial charge < -0.3 is 0 Å². The third kappa shape index (κ3) is 62.9. The van der Waals surface area contributed by atoms with Crippen molar-refractivity contribution in [2.45, 2.75) is 0 Å². The van der Waals surface area contributed by atoms with Crippen molar-refractivity contribution < 1.29 is 29.3 Å². The topological polar surface area (TPSA) is 57.5 Å². The predicted molar refractivity (Wildman–Crippen MR) is 10.9 cm³/mol. The van der Waals surface area contributed by atoms with Crippen LogP contribution in [-0.2, 0) is 20.9 Å². The summed E-state index contributed by atoms with van der Waals surface area (Å²) in [5.41, 5.74) is 0. The quantitative estimate of drug-likeness (QED) is 0.446. The van der Waals surface area contributed by atoms with E-state index in [0.29, 0.717) is 0 Å². The minimum atomic E-state index is -3.29. The summed E-state index contributed by atoms with van der Waals surface area (Å²) >= 11 is -3.29. The molecule has 0 radical (unpaired) electrons. The van der Waals surface area contributed by atoms with Crippen molar-refractivity contribution in [3.63, 3.8) is 0 Å². The van der Waals surface area contributed by atoms with Crippen molar-refractivity contribution in [3.8, 4) is 0 Å². The fourth-order valence-electron chi connectivity index (χ4n) is 0. The first-order valence-corrected chi connectivity index (χ1v) is 2.76. The Morgan fingerprint density at radius 3 is 1.40 bits per heavy atom. The molecular formula is H2FeO3Se. The summed E-state index contributed by atoms with van der Waals surface area (Å²) in [6, 6.07) is 0. The van der Waals surface area contributed by atoms with Gasteiger partial charge in [0.15, 0.2) is 0 Å². The fourth-order valence-corrected chi connectivity index (χ4v) is 0. The maximum absolute atomic E-state index is 8.76. The second-order valence-corrected chi connectivity index (χ2v) is 1.20. The summed E-state index contributed by atoms with van der Waals surface area (Å²) in [6.45, 7) is 0. The molecule has 0 fully saturated rings. The van der Waals surface area contributed by atoms with E-state index in [1.165, 1.54) is 0 Å². The van der Waals surface area contributed by atoms with E-state index in [0.717, 1.165) is 0 Å². The van der Waals surface area contributed by atoms with Crippen LogP contribution in [0.15, 0.2) is 0 Å². The molecule has 0 unspecified atom stereocenters. The summed E-state index contributed by atoms with van der Waals surface area (Å²) in [7, 11) is 0. The molecule has 5 heteroatoms. The molecule has 34 valence electrons. The van der Waals surface area contributed by atoms with Gasteiger partial charge in [0.1, 0.15) is 0 Å². The first-order chi connectivity index (χ1) is 1.73. The van der Waals surface area contributed by atoms with E-state index >= 15 is 0 Å². The van der Waals surface area contributed by atoms with Crippen LogP contribution in [0.25, 0.3) is 0 Å². The molecule has 0 heterocycles. The van der Waals surface area contributed by atoms with E-state index < -0.39 is 14.5 Å². The second kappa shape index (κ2) is 4.76. The maximum Gasteiger partial charge on any atom is 0 e. The minimum Gasteiger partial charge on any atom is 0 e. The van der Waals surface area contributed by atoms with E-state index in [-0.39, 0.29) is 17.1 Å². The van der Waals surface area contributed by atoms with Crippen LogP contribution in [0.1, 0.15) is 0 Å². The Labute approximate surface area is 44.2 Å². The zero-order valence-electron chi connectivity index (χ0n) is 2.06. The summed E-state index contributed by atoms with van der Waals surface area (Å²) in [4.78, 5) is 0. The van der Waals surface area contributed by atoms with Gasteiger partial charge in [-0.15, -0.1) is 0 Å². The molecule has 0 rings (SSSR count). The SMILES string of the molecule is O=[Se](O)O.[Fe]. The van der Waals surface area contributed by atoms with Gasteiger partial charge in [0.2, 0.25) is 0 Å². The van der Waals surface area contributed by atoms with Crippen LogP contribution in [0.2, 0.25) is 0 Å². The van der Waals surface area contributed by atoms with Crippen LogP contribution in [0.3, 0.4) is 0 Å². The minimum absolute atomic E-state index is 0. The molecular weight excluding hydrogens is 183 g/mol. The first-order valence-electron chi connectivity index (χ1n) is 0.532. The van der Waals surface area contributed by atoms with Crippen molar-refractivity contribution in [1.82, 2.24) is 0 Å². The molecule has 2 N–H and O–H groups in total. The third-order valence-corrected chi connectivity index (χ3v) is 0. The number of rotatable bonds is 0. The van der Waals surface area contributed by atoms with Crippen LogP contribution < -0.4 is 0 Å². The van der Waals surface area contributed by atoms with Gasteiger partial charge in [-0.05, 0) is 0 Å². The summed E-state index contributed by atoms with van der Waals surface area (Å²) < 4.78 is 23.1. The molecule has 0 spiro atoms. The molecule has 0 aliphatic carbocycles. The average molecular weight is 185 g/mol. The summed E-state index contributed by atoms with van der Waals surface area (Å²) in [5.74, 6) is 0. The van der Waals surface area contributed by atoms with Crippen LogP contribution >= 0.6 is 0 Å². The van der Waals surface area contributed by atoms with Gasteiger partial charge in [0.05, 0.1) is 0 Å². The normalized spacial score (nSPS) is 7.00. The molecule has 0 aromatic carbocycles. The van der Waals surface area contributed by atoms with Gasteiger partial charge in [0.25, 0.3) is 0 Å². The molecule has 0 amide bonds. The Morgan fingerprint density at radius 2 is 1.40 bits per heavy atom. The van der Waals surface area contributed by atoms with Crippen molar-refractivity contribution in [1.29, 1.82) is 0 Å². The zero-order valence-corrected chi connectivity index (χ0v) is 4.88. The Bertz CT molecular complexity index is 29.9. The average Bonchev–Trinajstić information content (AvgIpc) is 0.811. The molecule has 0 aromatic heterocycles. The number of hydrogen-bond donors (Lipinski definition) is 2. The molecule has 0 atom stereocenters. The van der Waals surface area contributed by atoms with E-state index in [2.05, 4.69) is 0 Å². The third-order valence-electron chi connectivity index (χ3n) is 0. The molecule has 0 saturated heterocycles. The molecule has 0 aromatic rings. The maximum atomic E-state index is 8.76. The van der Waals surface area contributed by atoms with Crippen molar-refractivity contribution in [3.05, 3.63) is 0 Å². The molecule has 5 heavy (non-hydrogen) atoms. The first kappa shape index (κ1) is 9.23. The monoisotopic (exact) mass is 186 g/mol. The largest absolute Gasteiger partial charge is 0 e. The van der Waals surface area contributed by atoms with Crippen molar-refractivity contribution in [2.75, 3.05) is 0 Å². The van der Waals surface area contributed by atoms with Gasteiger partial charge in [-0.25, -0.2) is 0 Å². The van der Waals surface area contributed by atoms with Crippen LogP contribution in [0, 0.1) is 0 Å². The number of hydrogen-bond acceptors (Lipinski definition) is 1. The Hall–Kier alpha value is 0.759. The Kier molecular flexibility index (Phi) is 8.79. The smallest absolute Gasteiger partial charge is 0 e. The summed E-state index contributed by atoms with van der Waals surface area (Å²) in [5, 5.41) is 0. The van der Waals surface area contributed by atoms with Crippen molar-refractivity contribution >= 4 is 14.5 Å². The fraction of sp³-hybridized carbons (Fsp3) is 0. The predicted octanol–water partition coefficient (Wildman–Crippen LogP) is -1.62. The van der Waals surface area contributed by atoms with Gasteiger partial charge in [-0.2, -0.15) is 0 Å². The summed E-state index contributed by atoms with van der Waals surface area (Å²) in [6.07, 6.45) is 0. The van der Waals surface area contributed by atoms with Crippen LogP contribution in [-0.4, -0.2) is 22.9 Å². The molecule has 0 aliphatic rings. The van der Waals surface area contributed by atoms with E-state index in [4.69, 9.17) is 12.2 Å². The van der Waals surface area contributed by atoms with Crippen molar-refractivity contribution in [2.24, 2.45) is 0 Å². The molecule has 0 saturated carbocycles. The van der Waals surface area contributed by atoms with E-state index in [1.54, 1.807) is 0 Å². The standard InChI is InChI=1S/Fe.H2O3Se/c;1-4(2)3/h;(H2,1,2,3). The molecule has 0 bridgehead atoms. The molecule has 0 aliphatic heterocycles. The van der Waals surface area contributed by atoms with E-state index in [1.807, 2.05) is 0 Å². The van der Waals surface area contributed by atoms with Gasteiger partial charge >= 0.3 is 26.7 Å². The van der Waals surface area contributed by atoms with Crippen LogP contribution in [0.5, 0.6) is 0 Å². The van der Waals surface area contributed by atoms with Gasteiger partial charge in [0, 0.05) is 17.1 Å².